The molecule has 0 aliphatic heterocycles. The van der Waals surface area contributed by atoms with Gasteiger partial charge in [0.2, 0.25) is 5.91 Å². The van der Waals surface area contributed by atoms with Crippen LogP contribution in [0.4, 0.5) is 10.2 Å². The first-order valence-corrected chi connectivity index (χ1v) is 8.93. The fourth-order valence-corrected chi connectivity index (χ4v) is 3.49. The first kappa shape index (κ1) is 16.6. The van der Waals surface area contributed by atoms with E-state index < -0.39 is 12.1 Å². The van der Waals surface area contributed by atoms with Crippen LogP contribution in [0.5, 0.6) is 0 Å². The lowest BCUT2D eigenvalue weighted by molar-refractivity contribution is -0.117. The van der Waals surface area contributed by atoms with Gasteiger partial charge in [0.15, 0.2) is 11.6 Å². The maximum absolute atomic E-state index is 13.1. The second-order valence-electron chi connectivity index (χ2n) is 7.04. The van der Waals surface area contributed by atoms with Gasteiger partial charge in [-0.1, -0.05) is 0 Å². The van der Waals surface area contributed by atoms with Crippen LogP contribution in [-0.2, 0) is 4.79 Å². The van der Waals surface area contributed by atoms with Crippen LogP contribution in [0.1, 0.15) is 23.7 Å². The number of H-pyrrole nitrogens is 1. The summed E-state index contributed by atoms with van der Waals surface area (Å²) >= 11 is 0. The first-order valence-electron chi connectivity index (χ1n) is 8.93. The smallest absolute Gasteiger partial charge is 0.231 e. The molecule has 2 atom stereocenters. The second-order valence-corrected chi connectivity index (χ2v) is 7.04. The Balaban J connectivity index is 1.58. The highest BCUT2D eigenvalue weighted by Crippen LogP contribution is 2.35. The van der Waals surface area contributed by atoms with Crippen molar-refractivity contribution < 1.29 is 14.0 Å². The fourth-order valence-electron chi connectivity index (χ4n) is 3.49. The summed E-state index contributed by atoms with van der Waals surface area (Å²) in [5.41, 5.74) is 3.83. The van der Waals surface area contributed by atoms with Crippen LogP contribution in [0.15, 0.2) is 42.7 Å². The van der Waals surface area contributed by atoms with E-state index in [2.05, 4.69) is 20.6 Å². The maximum atomic E-state index is 13.1. The van der Waals surface area contributed by atoms with Gasteiger partial charge < -0.3 is 5.32 Å². The highest BCUT2D eigenvalue weighted by atomic mass is 19.1. The number of aromatic nitrogens is 4. The third kappa shape index (κ3) is 2.65. The Kier molecular flexibility index (Phi) is 3.55. The number of nitrogens with one attached hydrogen (secondary N) is 2. The molecule has 3 aromatic heterocycles. The number of anilines is 1. The molecule has 4 aromatic rings. The summed E-state index contributed by atoms with van der Waals surface area (Å²) in [4.78, 5) is 24.1. The zero-order valence-corrected chi connectivity index (χ0v) is 14.9. The number of Topliss-reactive ketones (excluding diaryl/α,β-unsaturated/α-hetero) is 1. The Morgan fingerprint density at radius 3 is 2.86 bits per heavy atom. The number of pyridine rings is 1. The van der Waals surface area contributed by atoms with E-state index >= 15 is 0 Å². The lowest BCUT2D eigenvalue weighted by atomic mass is 9.94. The molecule has 1 aliphatic carbocycles. The molecule has 1 amide bonds. The van der Waals surface area contributed by atoms with Gasteiger partial charge in [-0.05, 0) is 43.2 Å². The minimum absolute atomic E-state index is 0.0374. The van der Waals surface area contributed by atoms with Crippen LogP contribution in [0.2, 0.25) is 0 Å². The van der Waals surface area contributed by atoms with Crippen LogP contribution >= 0.6 is 0 Å². The molecule has 0 radical (unpaired) electrons. The zero-order chi connectivity index (χ0) is 19.4. The number of benzene rings is 1. The van der Waals surface area contributed by atoms with Crippen molar-refractivity contribution in [2.24, 2.45) is 5.92 Å². The van der Waals surface area contributed by atoms with Crippen molar-refractivity contribution in [3.63, 3.8) is 0 Å². The van der Waals surface area contributed by atoms with Gasteiger partial charge in [0.05, 0.1) is 23.1 Å². The van der Waals surface area contributed by atoms with Crippen molar-refractivity contribution in [3.8, 4) is 11.1 Å². The van der Waals surface area contributed by atoms with E-state index in [1.165, 1.54) is 6.92 Å². The van der Waals surface area contributed by atoms with E-state index in [4.69, 9.17) is 0 Å². The number of hydrogen-bond donors (Lipinski definition) is 2. The third-order valence-electron chi connectivity index (χ3n) is 5.06. The van der Waals surface area contributed by atoms with Crippen molar-refractivity contribution in [2.45, 2.75) is 19.5 Å². The summed E-state index contributed by atoms with van der Waals surface area (Å²) in [5.74, 6) is -0.588. The standard InChI is InChI=1S/C20H16FN5O2/c1-10(27)13-2-3-17-15(9-22-24-17)19(13)11-4-5-26-12(6-11)7-18(25-26)23-20(28)14-8-16(14)21/h2-7,9,14,16H,8H2,1H3,(H,22,24)(H,23,25,28)/t14-,16+/m1/s1. The molecular weight excluding hydrogens is 361 g/mol. The molecule has 1 aliphatic rings. The number of halogens is 1. The Morgan fingerprint density at radius 2 is 2.11 bits per heavy atom. The lowest BCUT2D eigenvalue weighted by Gasteiger charge is -2.09. The second kappa shape index (κ2) is 5.98. The predicted octanol–water partition coefficient (Wildman–Crippen LogP) is 3.38. The highest BCUT2D eigenvalue weighted by Gasteiger charge is 2.43. The number of hydrogen-bond acceptors (Lipinski definition) is 4. The van der Waals surface area contributed by atoms with Crippen molar-refractivity contribution in [2.75, 3.05) is 5.32 Å². The van der Waals surface area contributed by atoms with Gasteiger partial charge in [0, 0.05) is 28.8 Å². The third-order valence-corrected chi connectivity index (χ3v) is 5.06. The van der Waals surface area contributed by atoms with Gasteiger partial charge in [-0.15, -0.1) is 0 Å². The average Bonchev–Trinajstić information content (AvgIpc) is 3.06. The van der Waals surface area contributed by atoms with Gasteiger partial charge in [0.1, 0.15) is 6.17 Å². The van der Waals surface area contributed by atoms with Gasteiger partial charge in [-0.25, -0.2) is 8.91 Å². The number of nitrogens with zero attached hydrogens (tertiary/aromatic N) is 3. The molecule has 1 saturated carbocycles. The Hall–Kier alpha value is -3.55. The Bertz CT molecular complexity index is 1260. The molecule has 3 heterocycles. The summed E-state index contributed by atoms with van der Waals surface area (Å²) in [7, 11) is 0. The fraction of sp³-hybridized carbons (Fsp3) is 0.200. The van der Waals surface area contributed by atoms with Gasteiger partial charge in [0.25, 0.3) is 0 Å². The Morgan fingerprint density at radius 1 is 1.29 bits per heavy atom. The number of ketones is 1. The quantitative estimate of drug-likeness (QED) is 0.533. The summed E-state index contributed by atoms with van der Waals surface area (Å²) in [6.07, 6.45) is 2.68. The largest absolute Gasteiger partial charge is 0.309 e. The molecule has 28 heavy (non-hydrogen) atoms. The zero-order valence-electron chi connectivity index (χ0n) is 14.9. The van der Waals surface area contributed by atoms with Crippen LogP contribution < -0.4 is 5.32 Å². The Labute approximate surface area is 158 Å². The molecule has 0 saturated heterocycles. The molecule has 140 valence electrons. The van der Waals surface area contributed by atoms with E-state index in [0.717, 1.165) is 27.5 Å². The predicted molar refractivity (Wildman–Crippen MR) is 102 cm³/mol. The molecule has 5 rings (SSSR count). The van der Waals surface area contributed by atoms with Crippen LogP contribution in [-0.4, -0.2) is 37.7 Å². The van der Waals surface area contributed by atoms with Crippen molar-refractivity contribution in [3.05, 3.63) is 48.3 Å². The van der Waals surface area contributed by atoms with Crippen LogP contribution in [0, 0.1) is 5.92 Å². The molecule has 0 bridgehead atoms. The summed E-state index contributed by atoms with van der Waals surface area (Å²) in [5, 5.41) is 14.8. The minimum atomic E-state index is -1.05. The van der Waals surface area contributed by atoms with Gasteiger partial charge in [-0.3, -0.25) is 14.7 Å². The molecule has 0 unspecified atom stereocenters. The molecule has 1 aromatic carbocycles. The number of carbonyl (C=O) groups excluding carboxylic acids is 2. The maximum Gasteiger partial charge on any atom is 0.231 e. The number of aromatic amines is 1. The lowest BCUT2D eigenvalue weighted by Crippen LogP contribution is -2.15. The first-order chi connectivity index (χ1) is 13.5. The van der Waals surface area contributed by atoms with Crippen LogP contribution in [0.25, 0.3) is 27.5 Å². The molecule has 0 spiro atoms. The van der Waals surface area contributed by atoms with E-state index in [0.29, 0.717) is 11.4 Å². The molecule has 7 nitrogen and oxygen atoms in total. The van der Waals surface area contributed by atoms with Crippen molar-refractivity contribution in [1.82, 2.24) is 19.8 Å². The van der Waals surface area contributed by atoms with Crippen LogP contribution in [0.3, 0.4) is 0 Å². The van der Waals surface area contributed by atoms with E-state index in [1.807, 2.05) is 18.2 Å². The monoisotopic (exact) mass is 377 g/mol. The number of amides is 1. The molecular formula is C20H16FN5O2. The number of rotatable bonds is 4. The average molecular weight is 377 g/mol. The summed E-state index contributed by atoms with van der Waals surface area (Å²) < 4.78 is 14.7. The number of fused-ring (bicyclic) bond motifs is 2. The molecule has 8 heteroatoms. The van der Waals surface area contributed by atoms with E-state index in [-0.39, 0.29) is 18.1 Å². The minimum Gasteiger partial charge on any atom is -0.309 e. The van der Waals surface area contributed by atoms with Gasteiger partial charge in [-0.2, -0.15) is 10.2 Å². The highest BCUT2D eigenvalue weighted by molar-refractivity contribution is 6.09. The topological polar surface area (TPSA) is 92.2 Å². The SMILES string of the molecule is CC(=O)c1ccc2[nH]ncc2c1-c1ccn2nc(NC(=O)[C@@H]3C[C@@H]3F)cc2c1. The molecule has 1 fully saturated rings. The number of alkyl halides is 1. The van der Waals surface area contributed by atoms with Crippen molar-refractivity contribution >= 4 is 33.9 Å². The van der Waals surface area contributed by atoms with E-state index in [1.54, 1.807) is 29.0 Å². The number of carbonyl (C=O) groups is 2. The summed E-state index contributed by atoms with van der Waals surface area (Å²) in [6, 6.07) is 9.10. The summed E-state index contributed by atoms with van der Waals surface area (Å²) in [6.45, 7) is 1.53. The van der Waals surface area contributed by atoms with E-state index in [9.17, 15) is 14.0 Å². The van der Waals surface area contributed by atoms with Crippen molar-refractivity contribution in [1.29, 1.82) is 0 Å². The molecule has 2 N–H and O–H groups in total. The van der Waals surface area contributed by atoms with Gasteiger partial charge >= 0.3 is 0 Å². The normalized spacial score (nSPS) is 18.5.